The fourth-order valence-electron chi connectivity index (χ4n) is 2.60. The van der Waals surface area contributed by atoms with Crippen LogP contribution in [0.25, 0.3) is 0 Å². The number of hydrogen-bond donors (Lipinski definition) is 1. The highest BCUT2D eigenvalue weighted by atomic mass is 79.9. The largest absolute Gasteiger partial charge is 0.488 e. The zero-order valence-corrected chi connectivity index (χ0v) is 18.7. The zero-order chi connectivity index (χ0) is 22.4. The van der Waals surface area contributed by atoms with E-state index in [4.69, 9.17) is 16.3 Å². The molecule has 0 bridgehead atoms. The van der Waals surface area contributed by atoms with Crippen molar-refractivity contribution in [2.45, 2.75) is 13.5 Å². The zero-order valence-electron chi connectivity index (χ0n) is 16.3. The van der Waals surface area contributed by atoms with Gasteiger partial charge in [-0.3, -0.25) is 14.9 Å². The van der Waals surface area contributed by atoms with Crippen molar-refractivity contribution >= 4 is 45.3 Å². The number of ether oxygens (including phenoxy) is 1. The van der Waals surface area contributed by atoms with Crippen LogP contribution in [0.1, 0.15) is 27.0 Å². The van der Waals surface area contributed by atoms with Gasteiger partial charge in [0.2, 0.25) is 0 Å². The Kier molecular flexibility index (Phi) is 7.38. The van der Waals surface area contributed by atoms with Crippen LogP contribution in [0.15, 0.2) is 70.2 Å². The predicted octanol–water partition coefficient (Wildman–Crippen LogP) is 5.66. The fraction of sp³-hybridized carbons (Fsp3) is 0.0909. The maximum atomic E-state index is 12.2. The number of non-ortho nitro benzene ring substituents is 1. The number of carbonyl (C=O) groups is 1. The Morgan fingerprint density at radius 2 is 2.03 bits per heavy atom. The third-order valence-electron chi connectivity index (χ3n) is 4.29. The first-order valence-corrected chi connectivity index (χ1v) is 10.3. The van der Waals surface area contributed by atoms with Gasteiger partial charge < -0.3 is 4.74 Å². The molecule has 0 atom stereocenters. The molecule has 0 heterocycles. The van der Waals surface area contributed by atoms with Crippen molar-refractivity contribution in [3.8, 4) is 5.75 Å². The first-order chi connectivity index (χ1) is 14.8. The molecule has 3 rings (SSSR count). The molecule has 3 aromatic carbocycles. The number of hydrogen-bond acceptors (Lipinski definition) is 5. The summed E-state index contributed by atoms with van der Waals surface area (Å²) in [4.78, 5) is 22.6. The number of aryl methyl sites for hydroxylation is 1. The van der Waals surface area contributed by atoms with E-state index in [0.29, 0.717) is 26.4 Å². The molecule has 1 amide bonds. The maximum absolute atomic E-state index is 12.2. The van der Waals surface area contributed by atoms with Crippen molar-refractivity contribution in [1.82, 2.24) is 5.43 Å². The van der Waals surface area contributed by atoms with E-state index in [-0.39, 0.29) is 18.2 Å². The molecule has 0 radical (unpaired) electrons. The number of halogens is 2. The SMILES string of the molecule is Cc1ccc(C(=O)N/N=C\c2ccc(OCc3cccc([N+](=O)[O-])c3)c(Br)c2)cc1Cl. The number of nitrogens with zero attached hydrogens (tertiary/aromatic N) is 2. The molecule has 0 spiro atoms. The normalized spacial score (nSPS) is 10.8. The molecule has 0 aliphatic rings. The van der Waals surface area contributed by atoms with E-state index in [2.05, 4.69) is 26.5 Å². The van der Waals surface area contributed by atoms with E-state index >= 15 is 0 Å². The van der Waals surface area contributed by atoms with E-state index < -0.39 is 4.92 Å². The second kappa shape index (κ2) is 10.2. The molecular weight excluding hydrogens is 486 g/mol. The van der Waals surface area contributed by atoms with Crippen molar-refractivity contribution in [3.63, 3.8) is 0 Å². The lowest BCUT2D eigenvalue weighted by Gasteiger charge is -2.09. The molecule has 9 heteroatoms. The molecule has 7 nitrogen and oxygen atoms in total. The highest BCUT2D eigenvalue weighted by Crippen LogP contribution is 2.27. The van der Waals surface area contributed by atoms with Crippen LogP contribution >= 0.6 is 27.5 Å². The standard InChI is InChI=1S/C22H17BrClN3O4/c1-14-5-7-17(11-20(14)24)22(28)26-25-12-15-6-8-21(19(23)10-15)31-13-16-3-2-4-18(9-16)27(29)30/h2-12H,13H2,1H3,(H,26,28)/b25-12-. The minimum Gasteiger partial charge on any atom is -0.488 e. The molecule has 31 heavy (non-hydrogen) atoms. The molecule has 3 aromatic rings. The number of rotatable bonds is 7. The molecule has 0 aliphatic carbocycles. The van der Waals surface area contributed by atoms with Gasteiger partial charge in [-0.05, 0) is 69.9 Å². The summed E-state index contributed by atoms with van der Waals surface area (Å²) in [5.74, 6) is 0.205. The van der Waals surface area contributed by atoms with Gasteiger partial charge in [-0.25, -0.2) is 5.43 Å². The van der Waals surface area contributed by atoms with Crippen LogP contribution < -0.4 is 10.2 Å². The fourth-order valence-corrected chi connectivity index (χ4v) is 3.29. The van der Waals surface area contributed by atoms with Gasteiger partial charge >= 0.3 is 0 Å². The Morgan fingerprint density at radius 1 is 1.23 bits per heavy atom. The Labute approximate surface area is 192 Å². The number of hydrazone groups is 1. The van der Waals surface area contributed by atoms with Crippen LogP contribution in [-0.2, 0) is 6.61 Å². The van der Waals surface area contributed by atoms with Crippen LogP contribution in [0.2, 0.25) is 5.02 Å². The Hall–Kier alpha value is -3.23. The molecule has 0 aliphatic heterocycles. The minimum atomic E-state index is -0.445. The summed E-state index contributed by atoms with van der Waals surface area (Å²) < 4.78 is 6.42. The molecule has 0 aromatic heterocycles. The summed E-state index contributed by atoms with van der Waals surface area (Å²) in [5.41, 5.74) is 5.20. The van der Waals surface area contributed by atoms with Crippen molar-refractivity contribution in [2.75, 3.05) is 0 Å². The number of nitro groups is 1. The van der Waals surface area contributed by atoms with E-state index in [1.54, 1.807) is 48.5 Å². The van der Waals surface area contributed by atoms with Crippen molar-refractivity contribution < 1.29 is 14.5 Å². The van der Waals surface area contributed by atoms with Crippen LogP contribution in [0.3, 0.4) is 0 Å². The van der Waals surface area contributed by atoms with Gasteiger partial charge in [0.05, 0.1) is 15.6 Å². The van der Waals surface area contributed by atoms with E-state index in [0.717, 1.165) is 11.1 Å². The number of nitro benzene ring substituents is 1. The molecule has 0 saturated heterocycles. The highest BCUT2D eigenvalue weighted by molar-refractivity contribution is 9.10. The minimum absolute atomic E-state index is 0.0154. The number of carbonyl (C=O) groups excluding carboxylic acids is 1. The Bertz CT molecular complexity index is 1170. The summed E-state index contributed by atoms with van der Waals surface area (Å²) in [5, 5.41) is 15.4. The average Bonchev–Trinajstić information content (AvgIpc) is 2.75. The Balaban J connectivity index is 1.59. The third kappa shape index (κ3) is 6.13. The number of amides is 1. The molecular formula is C22H17BrClN3O4. The second-order valence-corrected chi connectivity index (χ2v) is 7.83. The molecule has 158 valence electrons. The van der Waals surface area contributed by atoms with Crippen LogP contribution in [-0.4, -0.2) is 17.0 Å². The summed E-state index contributed by atoms with van der Waals surface area (Å²) in [6.45, 7) is 2.04. The lowest BCUT2D eigenvalue weighted by molar-refractivity contribution is -0.384. The molecule has 0 saturated carbocycles. The van der Waals surface area contributed by atoms with Crippen molar-refractivity contribution in [3.05, 3.63) is 103 Å². The predicted molar refractivity (Wildman–Crippen MR) is 123 cm³/mol. The lowest BCUT2D eigenvalue weighted by Crippen LogP contribution is -2.17. The van der Waals surface area contributed by atoms with Gasteiger partial charge in [-0.1, -0.05) is 29.8 Å². The van der Waals surface area contributed by atoms with E-state index in [1.807, 2.05) is 6.92 Å². The number of nitrogens with one attached hydrogen (secondary N) is 1. The number of benzene rings is 3. The molecule has 1 N–H and O–H groups in total. The van der Waals surface area contributed by atoms with Gasteiger partial charge in [-0.15, -0.1) is 0 Å². The first-order valence-electron chi connectivity index (χ1n) is 9.09. The smallest absolute Gasteiger partial charge is 0.271 e. The Morgan fingerprint density at radius 3 is 2.74 bits per heavy atom. The van der Waals surface area contributed by atoms with Gasteiger partial charge in [-0.2, -0.15) is 5.10 Å². The van der Waals surface area contributed by atoms with Gasteiger partial charge in [0.25, 0.3) is 11.6 Å². The topological polar surface area (TPSA) is 93.8 Å². The maximum Gasteiger partial charge on any atom is 0.271 e. The monoisotopic (exact) mass is 501 g/mol. The van der Waals surface area contributed by atoms with Gasteiger partial charge in [0.1, 0.15) is 12.4 Å². The van der Waals surface area contributed by atoms with Gasteiger partial charge in [0, 0.05) is 22.7 Å². The molecule has 0 unspecified atom stereocenters. The second-order valence-electron chi connectivity index (χ2n) is 6.57. The molecule has 0 fully saturated rings. The van der Waals surface area contributed by atoms with E-state index in [1.165, 1.54) is 18.3 Å². The van der Waals surface area contributed by atoms with E-state index in [9.17, 15) is 14.9 Å². The van der Waals surface area contributed by atoms with Crippen LogP contribution in [0.5, 0.6) is 5.75 Å². The summed E-state index contributed by atoms with van der Waals surface area (Å²) in [6.07, 6.45) is 1.50. The van der Waals surface area contributed by atoms with Crippen molar-refractivity contribution in [1.29, 1.82) is 0 Å². The first kappa shape index (κ1) is 22.5. The summed E-state index contributed by atoms with van der Waals surface area (Å²) in [7, 11) is 0. The van der Waals surface area contributed by atoms with Crippen molar-refractivity contribution in [2.24, 2.45) is 5.10 Å². The average molecular weight is 503 g/mol. The third-order valence-corrected chi connectivity index (χ3v) is 5.31. The summed E-state index contributed by atoms with van der Waals surface area (Å²) in [6, 6.07) is 16.6. The summed E-state index contributed by atoms with van der Waals surface area (Å²) >= 11 is 9.47. The lowest BCUT2D eigenvalue weighted by atomic mass is 10.1. The van der Waals surface area contributed by atoms with Crippen LogP contribution in [0, 0.1) is 17.0 Å². The quantitative estimate of drug-likeness (QED) is 0.256. The highest BCUT2D eigenvalue weighted by Gasteiger charge is 2.08. The van der Waals surface area contributed by atoms with Gasteiger partial charge in [0.15, 0.2) is 0 Å². The van der Waals surface area contributed by atoms with Crippen LogP contribution in [0.4, 0.5) is 5.69 Å².